The third-order valence-electron chi connectivity index (χ3n) is 4.33. The van der Waals surface area contributed by atoms with E-state index in [1.165, 1.54) is 11.1 Å². The zero-order chi connectivity index (χ0) is 17.2. The molecule has 3 aromatic rings. The number of aryl methyl sites for hydroxylation is 1. The minimum absolute atomic E-state index is 0.169. The Bertz CT molecular complexity index is 916. The summed E-state index contributed by atoms with van der Waals surface area (Å²) in [6.07, 6.45) is 0.795. The van der Waals surface area contributed by atoms with Crippen molar-refractivity contribution >= 4 is 17.7 Å². The van der Waals surface area contributed by atoms with Crippen LogP contribution in [0.3, 0.4) is 0 Å². The van der Waals surface area contributed by atoms with E-state index in [-0.39, 0.29) is 5.91 Å². The SMILES string of the molecule is Cc1ccc(CCNC(=O)c2noc3c2CSc2ccccc2-3)cc1. The standard InChI is InChI=1S/C20H18N2O2S/c1-13-6-8-14(9-7-13)10-11-21-20(23)18-16-12-25-17-5-3-2-4-15(17)19(16)24-22-18/h2-9H,10-12H2,1H3,(H,21,23). The van der Waals surface area contributed by atoms with Gasteiger partial charge in [-0.1, -0.05) is 47.1 Å². The molecule has 0 aliphatic carbocycles. The zero-order valence-electron chi connectivity index (χ0n) is 13.9. The maximum absolute atomic E-state index is 12.5. The van der Waals surface area contributed by atoms with Crippen LogP contribution in [-0.4, -0.2) is 17.6 Å². The number of amides is 1. The van der Waals surface area contributed by atoms with E-state index in [2.05, 4.69) is 47.7 Å². The summed E-state index contributed by atoms with van der Waals surface area (Å²) < 4.78 is 5.49. The number of nitrogens with zero attached hydrogens (tertiary/aromatic N) is 1. The molecule has 1 N–H and O–H groups in total. The number of benzene rings is 2. The van der Waals surface area contributed by atoms with Gasteiger partial charge in [-0.05, 0) is 31.0 Å². The van der Waals surface area contributed by atoms with Crippen LogP contribution in [0, 0.1) is 6.92 Å². The van der Waals surface area contributed by atoms with Gasteiger partial charge in [0.25, 0.3) is 5.91 Å². The lowest BCUT2D eigenvalue weighted by Crippen LogP contribution is -2.27. The highest BCUT2D eigenvalue weighted by molar-refractivity contribution is 7.98. The monoisotopic (exact) mass is 350 g/mol. The molecule has 0 saturated carbocycles. The lowest BCUT2D eigenvalue weighted by Gasteiger charge is -2.13. The molecular weight excluding hydrogens is 332 g/mol. The van der Waals surface area contributed by atoms with Crippen molar-refractivity contribution in [3.63, 3.8) is 0 Å². The van der Waals surface area contributed by atoms with E-state index < -0.39 is 0 Å². The molecule has 0 saturated heterocycles. The first-order chi connectivity index (χ1) is 12.2. The number of hydrogen-bond donors (Lipinski definition) is 1. The van der Waals surface area contributed by atoms with E-state index in [1.54, 1.807) is 11.8 Å². The summed E-state index contributed by atoms with van der Waals surface area (Å²) in [7, 11) is 0. The van der Waals surface area contributed by atoms with Gasteiger partial charge >= 0.3 is 0 Å². The fourth-order valence-corrected chi connectivity index (χ4v) is 3.98. The number of hydrogen-bond acceptors (Lipinski definition) is 4. The second kappa shape index (κ2) is 6.76. The van der Waals surface area contributed by atoms with Crippen molar-refractivity contribution in [3.05, 3.63) is 70.9 Å². The molecule has 0 spiro atoms. The quantitative estimate of drug-likeness (QED) is 0.765. The molecule has 0 radical (unpaired) electrons. The lowest BCUT2D eigenvalue weighted by atomic mass is 10.1. The van der Waals surface area contributed by atoms with E-state index in [0.29, 0.717) is 18.0 Å². The maximum Gasteiger partial charge on any atom is 0.273 e. The largest absolute Gasteiger partial charge is 0.355 e. The van der Waals surface area contributed by atoms with Crippen molar-refractivity contribution in [3.8, 4) is 11.3 Å². The maximum atomic E-state index is 12.5. The van der Waals surface area contributed by atoms with Crippen molar-refractivity contribution in [1.29, 1.82) is 0 Å². The summed E-state index contributed by atoms with van der Waals surface area (Å²) in [5.74, 6) is 1.26. The van der Waals surface area contributed by atoms with Gasteiger partial charge in [0.15, 0.2) is 11.5 Å². The van der Waals surface area contributed by atoms with Gasteiger partial charge in [0, 0.05) is 28.3 Å². The molecule has 2 heterocycles. The Labute approximate surface area is 150 Å². The Hall–Kier alpha value is -2.53. The Morgan fingerprint density at radius 2 is 2.00 bits per heavy atom. The molecule has 1 amide bonds. The molecule has 25 heavy (non-hydrogen) atoms. The fraction of sp³-hybridized carbons (Fsp3) is 0.200. The molecule has 0 bridgehead atoms. The van der Waals surface area contributed by atoms with Gasteiger partial charge in [0.05, 0.1) is 0 Å². The normalized spacial score (nSPS) is 12.4. The number of aromatic nitrogens is 1. The third kappa shape index (κ3) is 3.20. The minimum Gasteiger partial charge on any atom is -0.355 e. The number of carbonyl (C=O) groups is 1. The van der Waals surface area contributed by atoms with Gasteiger partial charge in [-0.3, -0.25) is 4.79 Å². The van der Waals surface area contributed by atoms with E-state index in [9.17, 15) is 4.79 Å². The summed E-state index contributed by atoms with van der Waals surface area (Å²) in [5.41, 5.74) is 4.75. The predicted molar refractivity (Wildman–Crippen MR) is 98.7 cm³/mol. The minimum atomic E-state index is -0.169. The van der Waals surface area contributed by atoms with Gasteiger partial charge in [-0.15, -0.1) is 11.8 Å². The van der Waals surface area contributed by atoms with Crippen molar-refractivity contribution in [2.24, 2.45) is 0 Å². The van der Waals surface area contributed by atoms with Crippen molar-refractivity contribution in [2.45, 2.75) is 24.0 Å². The molecular formula is C20H18N2O2S. The molecule has 0 unspecified atom stereocenters. The van der Waals surface area contributed by atoms with Crippen molar-refractivity contribution < 1.29 is 9.32 Å². The van der Waals surface area contributed by atoms with Crippen LogP contribution in [0.15, 0.2) is 57.9 Å². The van der Waals surface area contributed by atoms with E-state index in [0.717, 1.165) is 28.2 Å². The second-order valence-electron chi connectivity index (χ2n) is 6.12. The van der Waals surface area contributed by atoms with Crippen molar-refractivity contribution in [2.75, 3.05) is 6.54 Å². The molecule has 0 fully saturated rings. The highest BCUT2D eigenvalue weighted by Crippen LogP contribution is 2.42. The first-order valence-corrected chi connectivity index (χ1v) is 9.25. The Kier molecular flexibility index (Phi) is 4.32. The van der Waals surface area contributed by atoms with Crippen LogP contribution in [0.4, 0.5) is 0 Å². The number of fused-ring (bicyclic) bond motifs is 3. The molecule has 1 aliphatic rings. The average molecular weight is 350 g/mol. The fourth-order valence-electron chi connectivity index (χ4n) is 2.92. The van der Waals surface area contributed by atoms with Crippen LogP contribution >= 0.6 is 11.8 Å². The van der Waals surface area contributed by atoms with Crippen LogP contribution in [0.2, 0.25) is 0 Å². The lowest BCUT2D eigenvalue weighted by molar-refractivity contribution is 0.0944. The summed E-state index contributed by atoms with van der Waals surface area (Å²) in [6, 6.07) is 16.4. The third-order valence-corrected chi connectivity index (χ3v) is 5.43. The number of thioether (sulfide) groups is 1. The van der Waals surface area contributed by atoms with Crippen LogP contribution in [0.5, 0.6) is 0 Å². The van der Waals surface area contributed by atoms with E-state index in [1.807, 2.05) is 18.2 Å². The first-order valence-electron chi connectivity index (χ1n) is 8.27. The Morgan fingerprint density at radius 3 is 2.84 bits per heavy atom. The van der Waals surface area contributed by atoms with Crippen LogP contribution in [-0.2, 0) is 12.2 Å². The molecule has 4 rings (SSSR count). The van der Waals surface area contributed by atoms with Gasteiger partial charge in [-0.25, -0.2) is 0 Å². The van der Waals surface area contributed by atoms with Gasteiger partial charge in [0.2, 0.25) is 0 Å². The van der Waals surface area contributed by atoms with E-state index in [4.69, 9.17) is 4.52 Å². The smallest absolute Gasteiger partial charge is 0.273 e. The van der Waals surface area contributed by atoms with E-state index >= 15 is 0 Å². The molecule has 1 aromatic heterocycles. The van der Waals surface area contributed by atoms with Gasteiger partial charge < -0.3 is 9.84 Å². The highest BCUT2D eigenvalue weighted by atomic mass is 32.2. The summed E-state index contributed by atoms with van der Waals surface area (Å²) in [4.78, 5) is 13.7. The second-order valence-corrected chi connectivity index (χ2v) is 7.13. The Morgan fingerprint density at radius 1 is 1.20 bits per heavy atom. The number of carbonyl (C=O) groups excluding carboxylic acids is 1. The Balaban J connectivity index is 1.45. The number of nitrogens with one attached hydrogen (secondary N) is 1. The number of rotatable bonds is 4. The molecule has 5 heteroatoms. The average Bonchev–Trinajstić information content (AvgIpc) is 3.08. The zero-order valence-corrected chi connectivity index (χ0v) is 14.7. The summed E-state index contributed by atoms with van der Waals surface area (Å²) >= 11 is 1.71. The molecule has 2 aromatic carbocycles. The first kappa shape index (κ1) is 16.0. The summed E-state index contributed by atoms with van der Waals surface area (Å²) in [6.45, 7) is 2.64. The molecule has 1 aliphatic heterocycles. The highest BCUT2D eigenvalue weighted by Gasteiger charge is 2.27. The van der Waals surface area contributed by atoms with Crippen molar-refractivity contribution in [1.82, 2.24) is 10.5 Å². The van der Waals surface area contributed by atoms with Gasteiger partial charge in [-0.2, -0.15) is 0 Å². The topological polar surface area (TPSA) is 55.1 Å². The van der Waals surface area contributed by atoms with Crippen LogP contribution in [0.25, 0.3) is 11.3 Å². The van der Waals surface area contributed by atoms with Gasteiger partial charge in [0.1, 0.15) is 0 Å². The van der Waals surface area contributed by atoms with Crippen LogP contribution < -0.4 is 5.32 Å². The van der Waals surface area contributed by atoms with Crippen LogP contribution in [0.1, 0.15) is 27.2 Å². The molecule has 4 nitrogen and oxygen atoms in total. The molecule has 0 atom stereocenters. The predicted octanol–water partition coefficient (Wildman–Crippen LogP) is 4.23. The summed E-state index contributed by atoms with van der Waals surface area (Å²) in [5, 5.41) is 6.99. The molecule has 126 valence electrons.